The number of nitrogens with zero attached hydrogens (tertiary/aromatic N) is 1. The van der Waals surface area contributed by atoms with E-state index in [-0.39, 0.29) is 18.8 Å². The molecule has 1 saturated heterocycles. The molecule has 1 aliphatic heterocycles. The maximum absolute atomic E-state index is 13.0. The van der Waals surface area contributed by atoms with E-state index in [0.29, 0.717) is 12.3 Å². The van der Waals surface area contributed by atoms with Crippen LogP contribution in [0.25, 0.3) is 0 Å². The Bertz CT molecular complexity index is 661. The molecule has 7 nitrogen and oxygen atoms in total. The zero-order chi connectivity index (χ0) is 19.9. The molecule has 1 aromatic carbocycles. The third kappa shape index (κ3) is 6.31. The molecule has 0 unspecified atom stereocenters. The molecule has 1 aliphatic rings. The topological polar surface area (TPSA) is 82.7 Å². The Morgan fingerprint density at radius 2 is 1.93 bits per heavy atom. The minimum absolute atomic E-state index is 0.210. The van der Waals surface area contributed by atoms with Crippen molar-refractivity contribution < 1.29 is 27.5 Å². The molecule has 150 valence electrons. The average Bonchev–Trinajstić information content (AvgIpc) is 3.13. The summed E-state index contributed by atoms with van der Waals surface area (Å²) < 4.78 is 43.8. The lowest BCUT2D eigenvalue weighted by Crippen LogP contribution is -2.43. The zero-order valence-corrected chi connectivity index (χ0v) is 15.0. The molecule has 3 amide bonds. The van der Waals surface area contributed by atoms with Crippen LogP contribution < -0.4 is 20.9 Å². The smallest absolute Gasteiger partial charge is 0.383 e. The summed E-state index contributed by atoms with van der Waals surface area (Å²) >= 11 is 0. The number of halogens is 3. The number of amides is 3. The number of urea groups is 1. The van der Waals surface area contributed by atoms with Gasteiger partial charge in [-0.2, -0.15) is 13.2 Å². The number of ether oxygens (including phenoxy) is 1. The van der Waals surface area contributed by atoms with Crippen LogP contribution in [0.1, 0.15) is 18.4 Å². The summed E-state index contributed by atoms with van der Waals surface area (Å²) in [7, 11) is 1.47. The standard InChI is InChI=1S/C17H23F3N4O3/c1-27-9-6-21-16(26)23-15(25)11-22-13-10-12(17(18,19)20)4-5-14(13)24-7-2-3-8-24/h4-5,10,22H,2-3,6-9,11H2,1H3,(H2,21,23,25,26). The zero-order valence-electron chi connectivity index (χ0n) is 15.0. The fourth-order valence-corrected chi connectivity index (χ4v) is 2.74. The molecule has 0 aromatic heterocycles. The Morgan fingerprint density at radius 3 is 2.56 bits per heavy atom. The Labute approximate surface area is 155 Å². The molecule has 0 saturated carbocycles. The molecule has 10 heteroatoms. The van der Waals surface area contributed by atoms with E-state index in [0.717, 1.165) is 38.1 Å². The third-order valence-electron chi connectivity index (χ3n) is 4.05. The summed E-state index contributed by atoms with van der Waals surface area (Å²) in [5, 5.41) is 7.23. The van der Waals surface area contributed by atoms with Gasteiger partial charge in [0, 0.05) is 26.7 Å². The predicted octanol–water partition coefficient (Wildman–Crippen LogP) is 2.19. The van der Waals surface area contributed by atoms with E-state index < -0.39 is 23.7 Å². The predicted molar refractivity (Wildman–Crippen MR) is 94.8 cm³/mol. The largest absolute Gasteiger partial charge is 0.416 e. The minimum Gasteiger partial charge on any atom is -0.383 e. The first-order chi connectivity index (χ1) is 12.8. The van der Waals surface area contributed by atoms with Crippen LogP contribution in [0, 0.1) is 0 Å². The Morgan fingerprint density at radius 1 is 1.22 bits per heavy atom. The van der Waals surface area contributed by atoms with E-state index >= 15 is 0 Å². The molecule has 1 fully saturated rings. The van der Waals surface area contributed by atoms with Crippen molar-refractivity contribution in [1.82, 2.24) is 10.6 Å². The van der Waals surface area contributed by atoms with Gasteiger partial charge < -0.3 is 20.3 Å². The number of methoxy groups -OCH3 is 1. The lowest BCUT2D eigenvalue weighted by molar-refractivity contribution is -0.137. The van der Waals surface area contributed by atoms with Crippen molar-refractivity contribution in [2.45, 2.75) is 19.0 Å². The fourth-order valence-electron chi connectivity index (χ4n) is 2.74. The molecule has 0 radical (unpaired) electrons. The molecule has 27 heavy (non-hydrogen) atoms. The highest BCUT2D eigenvalue weighted by Gasteiger charge is 2.31. The lowest BCUT2D eigenvalue weighted by Gasteiger charge is -2.23. The maximum atomic E-state index is 13.0. The van der Waals surface area contributed by atoms with Crippen molar-refractivity contribution in [1.29, 1.82) is 0 Å². The summed E-state index contributed by atoms with van der Waals surface area (Å²) in [5.41, 5.74) is 0.0187. The van der Waals surface area contributed by atoms with Crippen LogP contribution >= 0.6 is 0 Å². The van der Waals surface area contributed by atoms with E-state index in [4.69, 9.17) is 4.74 Å². The summed E-state index contributed by atoms with van der Waals surface area (Å²) in [6.45, 7) is 1.68. The fraction of sp³-hybridized carbons (Fsp3) is 0.529. The quantitative estimate of drug-likeness (QED) is 0.624. The number of nitrogens with one attached hydrogen (secondary N) is 3. The SMILES string of the molecule is COCCNC(=O)NC(=O)CNc1cc(C(F)(F)F)ccc1N1CCCC1. The van der Waals surface area contributed by atoms with Crippen LogP contribution in [0.2, 0.25) is 0 Å². The first kappa shape index (κ1) is 20.8. The summed E-state index contributed by atoms with van der Waals surface area (Å²) in [4.78, 5) is 25.4. The van der Waals surface area contributed by atoms with E-state index in [9.17, 15) is 22.8 Å². The molecule has 0 bridgehead atoms. The number of anilines is 2. The monoisotopic (exact) mass is 388 g/mol. The van der Waals surface area contributed by atoms with Crippen molar-refractivity contribution in [2.24, 2.45) is 0 Å². The van der Waals surface area contributed by atoms with Crippen LogP contribution in [-0.2, 0) is 15.7 Å². The van der Waals surface area contributed by atoms with Gasteiger partial charge in [-0.3, -0.25) is 10.1 Å². The highest BCUT2D eigenvalue weighted by molar-refractivity contribution is 5.96. The third-order valence-corrected chi connectivity index (χ3v) is 4.05. The van der Waals surface area contributed by atoms with Gasteiger partial charge in [-0.25, -0.2) is 4.79 Å². The number of benzene rings is 1. The van der Waals surface area contributed by atoms with Crippen molar-refractivity contribution in [3.63, 3.8) is 0 Å². The van der Waals surface area contributed by atoms with Gasteiger partial charge in [0.1, 0.15) is 0 Å². The molecule has 1 aromatic rings. The second-order valence-electron chi connectivity index (χ2n) is 6.07. The van der Waals surface area contributed by atoms with Crippen molar-refractivity contribution in [3.8, 4) is 0 Å². The second-order valence-corrected chi connectivity index (χ2v) is 6.07. The van der Waals surface area contributed by atoms with Gasteiger partial charge in [-0.05, 0) is 31.0 Å². The molecule has 2 rings (SSSR count). The van der Waals surface area contributed by atoms with E-state index in [1.165, 1.54) is 13.2 Å². The van der Waals surface area contributed by atoms with Gasteiger partial charge in [0.15, 0.2) is 0 Å². The number of hydrogen-bond donors (Lipinski definition) is 3. The van der Waals surface area contributed by atoms with Crippen molar-refractivity contribution in [3.05, 3.63) is 23.8 Å². The second kappa shape index (κ2) is 9.45. The van der Waals surface area contributed by atoms with Crippen molar-refractivity contribution >= 4 is 23.3 Å². The number of imide groups is 1. The number of carbonyl (C=O) groups is 2. The molecule has 0 aliphatic carbocycles. The summed E-state index contributed by atoms with van der Waals surface area (Å²) in [5.74, 6) is -0.658. The minimum atomic E-state index is -4.48. The van der Waals surface area contributed by atoms with E-state index in [2.05, 4.69) is 16.0 Å². The molecular weight excluding hydrogens is 365 g/mol. The van der Waals surface area contributed by atoms with E-state index in [1.54, 1.807) is 0 Å². The van der Waals surface area contributed by atoms with Gasteiger partial charge in [0.2, 0.25) is 5.91 Å². The lowest BCUT2D eigenvalue weighted by atomic mass is 10.1. The first-order valence-electron chi connectivity index (χ1n) is 8.58. The van der Waals surface area contributed by atoms with Crippen molar-refractivity contribution in [2.75, 3.05) is 50.1 Å². The first-order valence-corrected chi connectivity index (χ1v) is 8.58. The Kier molecular flexibility index (Phi) is 7.28. The summed E-state index contributed by atoms with van der Waals surface area (Å²) in [6, 6.07) is 2.73. The van der Waals surface area contributed by atoms with Crippen LogP contribution in [0.15, 0.2) is 18.2 Å². The van der Waals surface area contributed by atoms with Gasteiger partial charge in [-0.1, -0.05) is 0 Å². The molecule has 1 heterocycles. The van der Waals surface area contributed by atoms with Crippen LogP contribution in [0.3, 0.4) is 0 Å². The van der Waals surface area contributed by atoms with Crippen LogP contribution in [0.5, 0.6) is 0 Å². The van der Waals surface area contributed by atoms with Gasteiger partial charge in [0.05, 0.1) is 30.1 Å². The Balaban J connectivity index is 2.02. The van der Waals surface area contributed by atoms with Crippen LogP contribution in [0.4, 0.5) is 29.3 Å². The van der Waals surface area contributed by atoms with Gasteiger partial charge >= 0.3 is 12.2 Å². The number of carbonyl (C=O) groups excluding carboxylic acids is 2. The van der Waals surface area contributed by atoms with Gasteiger partial charge in [0.25, 0.3) is 0 Å². The molecule has 0 spiro atoms. The summed E-state index contributed by atoms with van der Waals surface area (Å²) in [6.07, 6.45) is -2.56. The number of alkyl halides is 3. The average molecular weight is 388 g/mol. The molecule has 0 atom stereocenters. The number of rotatable bonds is 7. The normalized spacial score (nSPS) is 14.1. The van der Waals surface area contributed by atoms with E-state index in [1.807, 2.05) is 4.90 Å². The Hall–Kier alpha value is -2.49. The highest BCUT2D eigenvalue weighted by Crippen LogP contribution is 2.36. The highest BCUT2D eigenvalue weighted by atomic mass is 19.4. The molecule has 3 N–H and O–H groups in total. The maximum Gasteiger partial charge on any atom is 0.416 e. The van der Waals surface area contributed by atoms with Gasteiger partial charge in [-0.15, -0.1) is 0 Å². The number of hydrogen-bond acceptors (Lipinski definition) is 5. The molecular formula is C17H23F3N4O3. The van der Waals surface area contributed by atoms with Crippen LogP contribution in [-0.4, -0.2) is 51.8 Å².